The number of hydrogen-bond acceptors (Lipinski definition) is 3. The molecular weight excluding hydrogens is 333 g/mol. The second-order valence-corrected chi connectivity index (χ2v) is 9.21. The second kappa shape index (κ2) is 6.15. The van der Waals surface area contributed by atoms with E-state index in [0.29, 0.717) is 12.1 Å². The van der Waals surface area contributed by atoms with Crippen LogP contribution in [0.5, 0.6) is 0 Å². The van der Waals surface area contributed by atoms with Gasteiger partial charge in [0, 0.05) is 34.9 Å². The molecule has 0 radical (unpaired) electrons. The van der Waals surface area contributed by atoms with Gasteiger partial charge in [0.2, 0.25) is 0 Å². The zero-order valence-corrected chi connectivity index (χ0v) is 15.0. The summed E-state index contributed by atoms with van der Waals surface area (Å²) in [6.45, 7) is 8.10. The molecule has 0 heterocycles. The molecule has 118 valence electrons. The molecule has 0 bridgehead atoms. The number of nitrogens with zero attached hydrogens (tertiary/aromatic N) is 1. The van der Waals surface area contributed by atoms with Crippen LogP contribution in [0.1, 0.15) is 36.7 Å². The lowest BCUT2D eigenvalue weighted by Gasteiger charge is -2.27. The van der Waals surface area contributed by atoms with Gasteiger partial charge in [-0.3, -0.25) is 4.79 Å². The first-order valence-electron chi connectivity index (χ1n) is 6.33. The summed E-state index contributed by atoms with van der Waals surface area (Å²) in [6, 6.07) is 2.71. The van der Waals surface area contributed by atoms with Gasteiger partial charge in [-0.15, -0.1) is 0 Å². The van der Waals surface area contributed by atoms with E-state index in [1.54, 1.807) is 18.9 Å². The summed E-state index contributed by atoms with van der Waals surface area (Å²) in [6.07, 6.45) is 0. The van der Waals surface area contributed by atoms with Crippen molar-refractivity contribution in [3.63, 3.8) is 0 Å². The normalized spacial score (nSPS) is 12.3. The maximum Gasteiger partial charge on any atom is 0.261 e. The molecule has 0 spiro atoms. The van der Waals surface area contributed by atoms with Crippen molar-refractivity contribution in [2.24, 2.45) is 5.41 Å². The predicted molar refractivity (Wildman–Crippen MR) is 85.6 cm³/mol. The number of amides is 1. The Morgan fingerprint density at radius 2 is 1.81 bits per heavy atom. The summed E-state index contributed by atoms with van der Waals surface area (Å²) >= 11 is 5.92. The molecular formula is C14H19Cl2NO3S. The van der Waals surface area contributed by atoms with E-state index in [1.165, 1.54) is 12.1 Å². The largest absolute Gasteiger partial charge is 0.341 e. The van der Waals surface area contributed by atoms with Crippen LogP contribution in [0.25, 0.3) is 0 Å². The van der Waals surface area contributed by atoms with Crippen LogP contribution in [0.2, 0.25) is 5.02 Å². The van der Waals surface area contributed by atoms with Gasteiger partial charge >= 0.3 is 0 Å². The van der Waals surface area contributed by atoms with E-state index in [9.17, 15) is 13.2 Å². The maximum absolute atomic E-state index is 12.5. The Bertz CT molecular complexity index is 664. The molecule has 0 fully saturated rings. The molecule has 4 nitrogen and oxygen atoms in total. The monoisotopic (exact) mass is 351 g/mol. The summed E-state index contributed by atoms with van der Waals surface area (Å²) < 4.78 is 23.1. The third kappa shape index (κ3) is 4.87. The van der Waals surface area contributed by atoms with Crippen molar-refractivity contribution in [3.05, 3.63) is 28.3 Å². The quantitative estimate of drug-likeness (QED) is 0.780. The van der Waals surface area contributed by atoms with E-state index in [-0.39, 0.29) is 26.8 Å². The van der Waals surface area contributed by atoms with Crippen molar-refractivity contribution in [3.8, 4) is 0 Å². The lowest BCUT2D eigenvalue weighted by atomic mass is 9.95. The average Bonchev–Trinajstić information content (AvgIpc) is 2.27. The molecule has 0 saturated heterocycles. The van der Waals surface area contributed by atoms with Crippen LogP contribution < -0.4 is 0 Å². The van der Waals surface area contributed by atoms with Gasteiger partial charge in [0.25, 0.3) is 15.0 Å². The highest BCUT2D eigenvalue weighted by molar-refractivity contribution is 8.13. The van der Waals surface area contributed by atoms with Gasteiger partial charge in [-0.05, 0) is 30.0 Å². The molecule has 0 aliphatic rings. The van der Waals surface area contributed by atoms with Crippen LogP contribution in [0.3, 0.4) is 0 Å². The van der Waals surface area contributed by atoms with E-state index in [4.69, 9.17) is 22.3 Å². The van der Waals surface area contributed by atoms with Crippen LogP contribution >= 0.6 is 22.3 Å². The maximum atomic E-state index is 12.5. The zero-order chi connectivity index (χ0) is 16.6. The fraction of sp³-hybridized carbons (Fsp3) is 0.500. The molecule has 0 aliphatic carbocycles. The van der Waals surface area contributed by atoms with Crippen LogP contribution in [0.4, 0.5) is 0 Å². The summed E-state index contributed by atoms with van der Waals surface area (Å²) in [5.74, 6) is -0.286. The van der Waals surface area contributed by atoms with E-state index in [2.05, 4.69) is 0 Å². The van der Waals surface area contributed by atoms with Crippen LogP contribution in [0, 0.1) is 12.3 Å². The highest BCUT2D eigenvalue weighted by Crippen LogP contribution is 2.28. The van der Waals surface area contributed by atoms with Crippen LogP contribution in [-0.4, -0.2) is 32.8 Å². The molecule has 1 aromatic rings. The molecule has 0 saturated carbocycles. The van der Waals surface area contributed by atoms with Crippen molar-refractivity contribution in [2.75, 3.05) is 13.6 Å². The van der Waals surface area contributed by atoms with E-state index in [1.807, 2.05) is 20.8 Å². The molecule has 1 amide bonds. The number of rotatable bonds is 3. The van der Waals surface area contributed by atoms with Gasteiger partial charge < -0.3 is 4.90 Å². The smallest absolute Gasteiger partial charge is 0.261 e. The Kier molecular flexibility index (Phi) is 5.35. The minimum atomic E-state index is -3.96. The summed E-state index contributed by atoms with van der Waals surface area (Å²) in [5.41, 5.74) is 0.479. The van der Waals surface area contributed by atoms with Crippen molar-refractivity contribution in [2.45, 2.75) is 32.6 Å². The van der Waals surface area contributed by atoms with Crippen molar-refractivity contribution < 1.29 is 13.2 Å². The number of carbonyl (C=O) groups is 1. The molecule has 0 atom stereocenters. The Hall–Kier alpha value is -0.780. The zero-order valence-electron chi connectivity index (χ0n) is 12.7. The number of carbonyl (C=O) groups excluding carboxylic acids is 1. The number of hydrogen-bond donors (Lipinski definition) is 0. The molecule has 1 aromatic carbocycles. The molecule has 1 rings (SSSR count). The number of halogens is 2. The van der Waals surface area contributed by atoms with Crippen LogP contribution in [-0.2, 0) is 9.05 Å². The topological polar surface area (TPSA) is 54.5 Å². The third-order valence-corrected chi connectivity index (χ3v) is 4.54. The second-order valence-electron chi connectivity index (χ2n) is 6.24. The van der Waals surface area contributed by atoms with Crippen molar-refractivity contribution in [1.82, 2.24) is 4.90 Å². The lowest BCUT2D eigenvalue weighted by molar-refractivity contribution is 0.0744. The SMILES string of the molecule is Cc1c(C(=O)N(C)CC(C)(C)C)cc(Cl)cc1S(=O)(=O)Cl. The third-order valence-electron chi connectivity index (χ3n) is 2.88. The minimum Gasteiger partial charge on any atom is -0.341 e. The lowest BCUT2D eigenvalue weighted by Crippen LogP contribution is -2.35. The highest BCUT2D eigenvalue weighted by atomic mass is 35.7. The Balaban J connectivity index is 3.32. The van der Waals surface area contributed by atoms with Crippen molar-refractivity contribution >= 4 is 37.2 Å². The summed E-state index contributed by atoms with van der Waals surface area (Å²) in [5, 5.41) is 0.160. The van der Waals surface area contributed by atoms with Gasteiger partial charge in [0.05, 0.1) is 4.90 Å². The van der Waals surface area contributed by atoms with Gasteiger partial charge in [-0.25, -0.2) is 8.42 Å². The molecule has 0 N–H and O–H groups in total. The van der Waals surface area contributed by atoms with Crippen molar-refractivity contribution in [1.29, 1.82) is 0 Å². The van der Waals surface area contributed by atoms with E-state index in [0.717, 1.165) is 0 Å². The average molecular weight is 352 g/mol. The standard InChI is InChI=1S/C14H19Cl2NO3S/c1-9-11(13(18)17(5)8-14(2,3)4)6-10(15)7-12(9)21(16,19)20/h6-7H,8H2,1-5H3. The Labute approximate surface area is 135 Å². The van der Waals surface area contributed by atoms with Crippen LogP contribution in [0.15, 0.2) is 17.0 Å². The fourth-order valence-corrected chi connectivity index (χ4v) is 3.63. The fourth-order valence-electron chi connectivity index (χ4n) is 2.12. The van der Waals surface area contributed by atoms with Gasteiger partial charge in [0.1, 0.15) is 0 Å². The summed E-state index contributed by atoms with van der Waals surface area (Å²) in [4.78, 5) is 13.9. The first-order valence-corrected chi connectivity index (χ1v) is 9.02. The van der Waals surface area contributed by atoms with E-state index >= 15 is 0 Å². The van der Waals surface area contributed by atoms with E-state index < -0.39 is 9.05 Å². The minimum absolute atomic E-state index is 0.0711. The summed E-state index contributed by atoms with van der Waals surface area (Å²) in [7, 11) is 3.10. The molecule has 7 heteroatoms. The molecule has 21 heavy (non-hydrogen) atoms. The molecule has 0 aromatic heterocycles. The predicted octanol–water partition coefficient (Wildman–Crippen LogP) is 3.69. The number of benzene rings is 1. The first kappa shape index (κ1) is 18.3. The molecule has 0 aliphatic heterocycles. The first-order chi connectivity index (χ1) is 9.33. The van der Waals surface area contributed by atoms with Gasteiger partial charge in [0.15, 0.2) is 0 Å². The Morgan fingerprint density at radius 3 is 2.24 bits per heavy atom. The molecule has 0 unspecified atom stereocenters. The van der Waals surface area contributed by atoms with Gasteiger partial charge in [-0.2, -0.15) is 0 Å². The Morgan fingerprint density at radius 1 is 1.29 bits per heavy atom. The van der Waals surface area contributed by atoms with Gasteiger partial charge in [-0.1, -0.05) is 32.4 Å². The highest BCUT2D eigenvalue weighted by Gasteiger charge is 2.24.